The molecule has 28 heavy (non-hydrogen) atoms. The molecule has 0 radical (unpaired) electrons. The van der Waals surface area contributed by atoms with Gasteiger partial charge < -0.3 is 10.2 Å². The molecule has 2 aromatic carbocycles. The van der Waals surface area contributed by atoms with Gasteiger partial charge in [0.05, 0.1) is 11.3 Å². The number of alkyl halides is 3. The highest BCUT2D eigenvalue weighted by atomic mass is 19.4. The molecular formula is C21H23F3N2O2. The van der Waals surface area contributed by atoms with E-state index < -0.39 is 30.1 Å². The summed E-state index contributed by atoms with van der Waals surface area (Å²) in [6.07, 6.45) is -4.64. The Morgan fingerprint density at radius 1 is 1.07 bits per heavy atom. The molecule has 1 N–H and O–H groups in total. The molecule has 2 aromatic rings. The molecule has 0 bridgehead atoms. The Kier molecular flexibility index (Phi) is 6.48. The van der Waals surface area contributed by atoms with E-state index in [1.807, 2.05) is 39.0 Å². The number of nitrogens with zero attached hydrogens (tertiary/aromatic N) is 1. The van der Waals surface area contributed by atoms with Gasteiger partial charge in [-0.15, -0.1) is 0 Å². The quantitative estimate of drug-likeness (QED) is 0.767. The van der Waals surface area contributed by atoms with Gasteiger partial charge in [-0.3, -0.25) is 9.59 Å². The zero-order valence-corrected chi connectivity index (χ0v) is 16.2. The molecule has 0 unspecified atom stereocenters. The van der Waals surface area contributed by atoms with E-state index in [-0.39, 0.29) is 11.6 Å². The monoisotopic (exact) mass is 392 g/mol. The van der Waals surface area contributed by atoms with E-state index in [9.17, 15) is 22.8 Å². The summed E-state index contributed by atoms with van der Waals surface area (Å²) in [5, 5.41) is 2.76. The number of aryl methyl sites for hydroxylation is 1. The number of halogens is 3. The van der Waals surface area contributed by atoms with Crippen molar-refractivity contribution in [1.29, 1.82) is 0 Å². The SMILES string of the molecule is CC(=O)N(CC(=O)Nc1c(C)cccc1C(C)C)c1ccccc1C(F)(F)F. The van der Waals surface area contributed by atoms with Crippen LogP contribution in [-0.4, -0.2) is 18.4 Å². The van der Waals surface area contributed by atoms with Crippen LogP contribution in [0.25, 0.3) is 0 Å². The van der Waals surface area contributed by atoms with Crippen molar-refractivity contribution < 1.29 is 22.8 Å². The molecular weight excluding hydrogens is 369 g/mol. The third-order valence-electron chi connectivity index (χ3n) is 4.37. The number of nitrogens with one attached hydrogen (secondary N) is 1. The van der Waals surface area contributed by atoms with E-state index in [0.29, 0.717) is 5.69 Å². The molecule has 0 heterocycles. The van der Waals surface area contributed by atoms with Gasteiger partial charge in [-0.25, -0.2) is 0 Å². The van der Waals surface area contributed by atoms with E-state index in [1.54, 1.807) is 0 Å². The predicted octanol–water partition coefficient (Wildman–Crippen LogP) is 5.13. The number of hydrogen-bond donors (Lipinski definition) is 1. The van der Waals surface area contributed by atoms with Gasteiger partial charge in [0.15, 0.2) is 0 Å². The van der Waals surface area contributed by atoms with Gasteiger partial charge in [0.1, 0.15) is 6.54 Å². The van der Waals surface area contributed by atoms with Crippen LogP contribution in [0.3, 0.4) is 0 Å². The first kappa shape index (κ1) is 21.5. The zero-order chi connectivity index (χ0) is 21.1. The largest absolute Gasteiger partial charge is 0.418 e. The lowest BCUT2D eigenvalue weighted by Crippen LogP contribution is -2.38. The predicted molar refractivity (Wildman–Crippen MR) is 103 cm³/mol. The second-order valence-electron chi connectivity index (χ2n) is 6.86. The van der Waals surface area contributed by atoms with Gasteiger partial charge >= 0.3 is 6.18 Å². The number of carbonyl (C=O) groups excluding carboxylic acids is 2. The van der Waals surface area contributed by atoms with Crippen molar-refractivity contribution in [2.45, 2.75) is 39.8 Å². The molecule has 0 aromatic heterocycles. The molecule has 150 valence electrons. The van der Waals surface area contributed by atoms with Crippen molar-refractivity contribution in [2.75, 3.05) is 16.8 Å². The first-order valence-electron chi connectivity index (χ1n) is 8.86. The first-order valence-corrected chi connectivity index (χ1v) is 8.86. The van der Waals surface area contributed by atoms with Crippen LogP contribution >= 0.6 is 0 Å². The summed E-state index contributed by atoms with van der Waals surface area (Å²) in [5.74, 6) is -1.07. The molecule has 0 aliphatic heterocycles. The highest BCUT2D eigenvalue weighted by Crippen LogP contribution is 2.36. The number of anilines is 2. The van der Waals surface area contributed by atoms with Crippen molar-refractivity contribution in [1.82, 2.24) is 0 Å². The minimum absolute atomic E-state index is 0.144. The number of amides is 2. The maximum atomic E-state index is 13.3. The highest BCUT2D eigenvalue weighted by Gasteiger charge is 2.35. The summed E-state index contributed by atoms with van der Waals surface area (Å²) in [6, 6.07) is 10.3. The summed E-state index contributed by atoms with van der Waals surface area (Å²) < 4.78 is 39.9. The van der Waals surface area contributed by atoms with Crippen LogP contribution in [0.15, 0.2) is 42.5 Å². The fourth-order valence-electron chi connectivity index (χ4n) is 2.98. The highest BCUT2D eigenvalue weighted by molar-refractivity contribution is 6.02. The van der Waals surface area contributed by atoms with Gasteiger partial charge in [-0.1, -0.05) is 44.2 Å². The van der Waals surface area contributed by atoms with E-state index >= 15 is 0 Å². The minimum atomic E-state index is -4.64. The Morgan fingerprint density at radius 3 is 2.29 bits per heavy atom. The number of benzene rings is 2. The van der Waals surface area contributed by atoms with Gasteiger partial charge in [0, 0.05) is 12.6 Å². The number of rotatable bonds is 5. The molecule has 0 fully saturated rings. The van der Waals surface area contributed by atoms with Crippen molar-refractivity contribution in [3.63, 3.8) is 0 Å². The fourth-order valence-corrected chi connectivity index (χ4v) is 2.98. The van der Waals surface area contributed by atoms with Crippen LogP contribution in [-0.2, 0) is 15.8 Å². The lowest BCUT2D eigenvalue weighted by Gasteiger charge is -2.25. The molecule has 2 rings (SSSR count). The van der Waals surface area contributed by atoms with Crippen LogP contribution in [0.5, 0.6) is 0 Å². The van der Waals surface area contributed by atoms with Crippen LogP contribution in [0.1, 0.15) is 43.4 Å². The van der Waals surface area contributed by atoms with Crippen molar-refractivity contribution in [3.05, 3.63) is 59.2 Å². The Labute approximate surface area is 162 Å². The van der Waals surface area contributed by atoms with Gasteiger partial charge in [0.2, 0.25) is 11.8 Å². The molecule has 0 saturated carbocycles. The number of para-hydroxylation sites is 2. The maximum absolute atomic E-state index is 13.3. The molecule has 0 spiro atoms. The maximum Gasteiger partial charge on any atom is 0.418 e. The fraction of sp³-hybridized carbons (Fsp3) is 0.333. The smallest absolute Gasteiger partial charge is 0.324 e. The van der Waals surface area contributed by atoms with E-state index in [0.717, 1.165) is 29.0 Å². The first-order chi connectivity index (χ1) is 13.0. The van der Waals surface area contributed by atoms with Gasteiger partial charge in [-0.05, 0) is 36.1 Å². The van der Waals surface area contributed by atoms with Crippen molar-refractivity contribution in [2.24, 2.45) is 0 Å². The summed E-state index contributed by atoms with van der Waals surface area (Å²) in [5.41, 5.74) is 1.07. The molecule has 0 aliphatic rings. The van der Waals surface area contributed by atoms with Crippen LogP contribution in [0.2, 0.25) is 0 Å². The third-order valence-corrected chi connectivity index (χ3v) is 4.37. The van der Waals surface area contributed by atoms with Crippen molar-refractivity contribution >= 4 is 23.2 Å². The lowest BCUT2D eigenvalue weighted by atomic mass is 9.98. The van der Waals surface area contributed by atoms with Crippen LogP contribution in [0, 0.1) is 6.92 Å². The second kappa shape index (κ2) is 8.46. The van der Waals surface area contributed by atoms with Gasteiger partial charge in [-0.2, -0.15) is 13.2 Å². The molecule has 4 nitrogen and oxygen atoms in total. The Bertz CT molecular complexity index is 876. The number of carbonyl (C=O) groups is 2. The average Bonchev–Trinajstić information content (AvgIpc) is 2.60. The lowest BCUT2D eigenvalue weighted by molar-refractivity contribution is -0.137. The molecule has 7 heteroatoms. The minimum Gasteiger partial charge on any atom is -0.324 e. The topological polar surface area (TPSA) is 49.4 Å². The summed E-state index contributed by atoms with van der Waals surface area (Å²) in [6.45, 7) is 6.41. The normalized spacial score (nSPS) is 11.4. The summed E-state index contributed by atoms with van der Waals surface area (Å²) >= 11 is 0. The zero-order valence-electron chi connectivity index (χ0n) is 16.2. The standard InChI is InChI=1S/C21H23F3N2O2/c1-13(2)16-9-7-8-14(3)20(16)25-19(28)12-26(15(4)27)18-11-6-5-10-17(18)21(22,23)24/h5-11,13H,12H2,1-4H3,(H,25,28). The van der Waals surface area contributed by atoms with Gasteiger partial charge in [0.25, 0.3) is 0 Å². The summed E-state index contributed by atoms with van der Waals surface area (Å²) in [7, 11) is 0. The molecule has 0 aliphatic carbocycles. The molecule has 2 amide bonds. The second-order valence-corrected chi connectivity index (χ2v) is 6.86. The van der Waals surface area contributed by atoms with E-state index in [4.69, 9.17) is 0 Å². The summed E-state index contributed by atoms with van der Waals surface area (Å²) in [4.78, 5) is 25.5. The molecule has 0 saturated heterocycles. The molecule has 0 atom stereocenters. The van der Waals surface area contributed by atoms with E-state index in [1.165, 1.54) is 18.2 Å². The van der Waals surface area contributed by atoms with Crippen LogP contribution < -0.4 is 10.2 Å². The van der Waals surface area contributed by atoms with Crippen molar-refractivity contribution in [3.8, 4) is 0 Å². The van der Waals surface area contributed by atoms with E-state index in [2.05, 4.69) is 5.32 Å². The average molecular weight is 392 g/mol. The third kappa shape index (κ3) is 4.91. The Balaban J connectivity index is 2.33. The Morgan fingerprint density at radius 2 is 1.71 bits per heavy atom. The van der Waals surface area contributed by atoms with Crippen LogP contribution in [0.4, 0.5) is 24.5 Å². The Hall–Kier alpha value is -2.83. The number of hydrogen-bond acceptors (Lipinski definition) is 2.